The largest absolute Gasteiger partial charge is 0.478 e. The molecule has 4 atom stereocenters. The van der Waals surface area contributed by atoms with Crippen molar-refractivity contribution in [3.63, 3.8) is 0 Å². The Hall–Kier alpha value is -1.96. The van der Waals surface area contributed by atoms with Crippen molar-refractivity contribution in [3.8, 4) is 5.88 Å². The summed E-state index contributed by atoms with van der Waals surface area (Å²) < 4.78 is 5.89. The Kier molecular flexibility index (Phi) is 4.58. The molecule has 0 aliphatic heterocycles. The zero-order chi connectivity index (χ0) is 19.3. The molecule has 1 aromatic heterocycles. The predicted molar refractivity (Wildman–Crippen MR) is 100 cm³/mol. The van der Waals surface area contributed by atoms with E-state index in [2.05, 4.69) is 32.5 Å². The van der Waals surface area contributed by atoms with E-state index in [-0.39, 0.29) is 28.4 Å². The minimum Gasteiger partial charge on any atom is -0.478 e. The van der Waals surface area contributed by atoms with Gasteiger partial charge in [0.05, 0.1) is 12.3 Å². The molecule has 0 spiro atoms. The number of hydrogen-bond donors (Lipinski definition) is 0. The smallest absolute Gasteiger partial charge is 0.282 e. The summed E-state index contributed by atoms with van der Waals surface area (Å²) in [5.41, 5.74) is 1.60. The maximum atomic E-state index is 12.6. The lowest BCUT2D eigenvalue weighted by atomic mass is 9.55. The Balaban J connectivity index is 2.21. The topological polar surface area (TPSA) is 56.4 Å². The highest BCUT2D eigenvalue weighted by atomic mass is 16.5. The van der Waals surface area contributed by atoms with Gasteiger partial charge in [0, 0.05) is 28.7 Å². The molecule has 2 aliphatic carbocycles. The highest BCUT2D eigenvalue weighted by Crippen LogP contribution is 2.52. The van der Waals surface area contributed by atoms with E-state index in [0.717, 1.165) is 29.9 Å². The fourth-order valence-corrected chi connectivity index (χ4v) is 4.71. The molecule has 140 valence electrons. The number of hydrogen-bond acceptors (Lipinski definition) is 4. The molecule has 0 aromatic carbocycles. The SMILES string of the molecule is [C-]#[N+]C1C[C@]2(C)c3nc(C(C)(C)C)nc(OCC)c3CC[C@H]2[C@H](C)C1=O. The van der Waals surface area contributed by atoms with Crippen LogP contribution in [0, 0.1) is 18.4 Å². The molecule has 0 amide bonds. The van der Waals surface area contributed by atoms with Crippen molar-refractivity contribution in [2.45, 2.75) is 77.7 Å². The average Bonchev–Trinajstić information content (AvgIpc) is 2.57. The second kappa shape index (κ2) is 6.33. The summed E-state index contributed by atoms with van der Waals surface area (Å²) in [5.74, 6) is 1.67. The Morgan fingerprint density at radius 1 is 1.35 bits per heavy atom. The molecular formula is C21H29N3O2. The number of Topliss-reactive ketones (excluding diaryl/α,β-unsaturated/α-hetero) is 1. The van der Waals surface area contributed by atoms with Crippen molar-refractivity contribution in [1.29, 1.82) is 0 Å². The third-order valence-corrected chi connectivity index (χ3v) is 6.14. The second-order valence-corrected chi connectivity index (χ2v) is 8.97. The summed E-state index contributed by atoms with van der Waals surface area (Å²) in [7, 11) is 0. The number of carbonyl (C=O) groups is 1. The first-order chi connectivity index (χ1) is 12.1. The monoisotopic (exact) mass is 355 g/mol. The molecule has 3 rings (SSSR count). The third-order valence-electron chi connectivity index (χ3n) is 6.14. The van der Waals surface area contributed by atoms with Crippen molar-refractivity contribution in [1.82, 2.24) is 9.97 Å². The van der Waals surface area contributed by atoms with Gasteiger partial charge in [0.25, 0.3) is 6.04 Å². The molecule has 2 aliphatic rings. The summed E-state index contributed by atoms with van der Waals surface area (Å²) in [5, 5.41) is 0. The van der Waals surface area contributed by atoms with E-state index < -0.39 is 6.04 Å². The maximum Gasteiger partial charge on any atom is 0.282 e. The number of ketones is 1. The summed E-state index contributed by atoms with van der Waals surface area (Å²) in [6, 6.07) is -0.569. The summed E-state index contributed by atoms with van der Waals surface area (Å²) in [6.45, 7) is 20.5. The lowest BCUT2D eigenvalue weighted by molar-refractivity contribution is -0.129. The highest BCUT2D eigenvalue weighted by molar-refractivity contribution is 5.89. The molecule has 1 aromatic rings. The molecule has 0 radical (unpaired) electrons. The lowest BCUT2D eigenvalue weighted by Gasteiger charge is -2.47. The van der Waals surface area contributed by atoms with Crippen molar-refractivity contribution in [2.24, 2.45) is 11.8 Å². The van der Waals surface area contributed by atoms with Gasteiger partial charge in [0.2, 0.25) is 11.7 Å². The minimum atomic E-state index is -0.569. The van der Waals surface area contributed by atoms with Crippen LogP contribution in [0.15, 0.2) is 0 Å². The third kappa shape index (κ3) is 2.80. The number of aromatic nitrogens is 2. The van der Waals surface area contributed by atoms with Crippen LogP contribution < -0.4 is 4.74 Å². The molecule has 0 bridgehead atoms. The molecule has 0 N–H and O–H groups in total. The van der Waals surface area contributed by atoms with Crippen molar-refractivity contribution in [3.05, 3.63) is 28.5 Å². The Morgan fingerprint density at radius 2 is 2.04 bits per heavy atom. The molecule has 1 fully saturated rings. The number of nitrogens with zero attached hydrogens (tertiary/aromatic N) is 3. The first kappa shape index (κ1) is 18.8. The normalized spacial score (nSPS) is 31.0. The molecule has 5 heteroatoms. The fraction of sp³-hybridized carbons (Fsp3) is 0.714. The predicted octanol–water partition coefficient (Wildman–Crippen LogP) is 3.89. The van der Waals surface area contributed by atoms with Gasteiger partial charge >= 0.3 is 0 Å². The summed E-state index contributed by atoms with van der Waals surface area (Å²) >= 11 is 0. The van der Waals surface area contributed by atoms with Crippen LogP contribution in [0.25, 0.3) is 4.85 Å². The fourth-order valence-electron chi connectivity index (χ4n) is 4.71. The molecule has 1 heterocycles. The lowest BCUT2D eigenvalue weighted by Crippen LogP contribution is -2.52. The molecule has 5 nitrogen and oxygen atoms in total. The van der Waals surface area contributed by atoms with Crippen LogP contribution in [0.1, 0.15) is 71.5 Å². The van der Waals surface area contributed by atoms with Gasteiger partial charge in [0.1, 0.15) is 5.82 Å². The molecule has 0 saturated heterocycles. The summed E-state index contributed by atoms with van der Waals surface area (Å²) in [4.78, 5) is 26.0. The number of carbonyl (C=O) groups excluding carboxylic acids is 1. The molecule has 1 saturated carbocycles. The van der Waals surface area contributed by atoms with Gasteiger partial charge in [-0.25, -0.2) is 11.6 Å². The van der Waals surface area contributed by atoms with Crippen LogP contribution in [0.5, 0.6) is 5.88 Å². The first-order valence-corrected chi connectivity index (χ1v) is 9.58. The Labute approximate surface area is 156 Å². The van der Waals surface area contributed by atoms with E-state index in [9.17, 15) is 4.79 Å². The number of ether oxygens (including phenoxy) is 1. The Bertz CT molecular complexity index is 775. The standard InChI is InChI=1S/C21H29N3O2/c1-8-26-18-13-9-10-14-12(2)16(25)15(22-7)11-21(14,6)17(13)23-19(24-18)20(3,4)5/h12,14-15H,8-11H2,1-6H3/t12-,14-,15?,21-/m0/s1. The second-order valence-electron chi connectivity index (χ2n) is 8.97. The van der Waals surface area contributed by atoms with Crippen LogP contribution in [0.3, 0.4) is 0 Å². The zero-order valence-electron chi connectivity index (χ0n) is 16.7. The van der Waals surface area contributed by atoms with Crippen molar-refractivity contribution < 1.29 is 9.53 Å². The van der Waals surface area contributed by atoms with Crippen molar-refractivity contribution in [2.75, 3.05) is 6.61 Å². The van der Waals surface area contributed by atoms with Gasteiger partial charge < -0.3 is 9.58 Å². The highest BCUT2D eigenvalue weighted by Gasteiger charge is 2.55. The maximum absolute atomic E-state index is 12.6. The van der Waals surface area contributed by atoms with Crippen LogP contribution >= 0.6 is 0 Å². The van der Waals surface area contributed by atoms with Crippen LogP contribution in [-0.4, -0.2) is 28.4 Å². The molecule has 1 unspecified atom stereocenters. The summed E-state index contributed by atoms with van der Waals surface area (Å²) in [6.07, 6.45) is 2.29. The first-order valence-electron chi connectivity index (χ1n) is 9.58. The van der Waals surface area contributed by atoms with Gasteiger partial charge in [-0.1, -0.05) is 34.6 Å². The average molecular weight is 355 g/mol. The van der Waals surface area contributed by atoms with Gasteiger partial charge in [-0.05, 0) is 25.7 Å². The van der Waals surface area contributed by atoms with E-state index in [1.54, 1.807) is 0 Å². The van der Waals surface area contributed by atoms with Crippen LogP contribution in [-0.2, 0) is 22.0 Å². The number of fused-ring (bicyclic) bond motifs is 3. The van der Waals surface area contributed by atoms with E-state index in [4.69, 9.17) is 21.3 Å². The molecular weight excluding hydrogens is 326 g/mol. The van der Waals surface area contributed by atoms with E-state index in [0.29, 0.717) is 18.9 Å². The van der Waals surface area contributed by atoms with Gasteiger partial charge in [0.15, 0.2) is 0 Å². The van der Waals surface area contributed by atoms with Gasteiger partial charge in [-0.15, -0.1) is 0 Å². The quantitative estimate of drug-likeness (QED) is 0.755. The molecule has 26 heavy (non-hydrogen) atoms. The Morgan fingerprint density at radius 3 is 2.62 bits per heavy atom. The zero-order valence-corrected chi connectivity index (χ0v) is 16.7. The van der Waals surface area contributed by atoms with Gasteiger partial charge in [-0.2, -0.15) is 4.98 Å². The van der Waals surface area contributed by atoms with Crippen LogP contribution in [0.4, 0.5) is 0 Å². The van der Waals surface area contributed by atoms with Crippen molar-refractivity contribution >= 4 is 5.78 Å². The van der Waals surface area contributed by atoms with E-state index in [1.807, 2.05) is 13.8 Å². The minimum absolute atomic E-state index is 0.0982. The van der Waals surface area contributed by atoms with Gasteiger partial charge in [-0.3, -0.25) is 4.79 Å². The number of rotatable bonds is 2. The van der Waals surface area contributed by atoms with E-state index >= 15 is 0 Å². The van der Waals surface area contributed by atoms with Crippen LogP contribution in [0.2, 0.25) is 0 Å². The van der Waals surface area contributed by atoms with E-state index in [1.165, 1.54) is 0 Å².